The second kappa shape index (κ2) is 4.90. The molecular formula is C14H16N2. The zero-order valence-corrected chi connectivity index (χ0v) is 9.70. The maximum absolute atomic E-state index is 4.13. The summed E-state index contributed by atoms with van der Waals surface area (Å²) in [4.78, 5) is 4.13. The zero-order chi connectivity index (χ0) is 11.4. The van der Waals surface area contributed by atoms with Crippen LogP contribution in [0, 0.1) is 6.92 Å². The first-order valence-corrected chi connectivity index (χ1v) is 5.46. The molecule has 0 spiro atoms. The number of rotatable bonds is 3. The lowest BCUT2D eigenvalue weighted by atomic mass is 9.97. The highest BCUT2D eigenvalue weighted by molar-refractivity contribution is 5.69. The van der Waals surface area contributed by atoms with Crippen LogP contribution in [-0.2, 0) is 6.54 Å². The van der Waals surface area contributed by atoms with Crippen molar-refractivity contribution in [2.75, 3.05) is 7.05 Å². The van der Waals surface area contributed by atoms with Gasteiger partial charge in [-0.15, -0.1) is 0 Å². The van der Waals surface area contributed by atoms with E-state index in [1.165, 1.54) is 22.3 Å². The van der Waals surface area contributed by atoms with E-state index in [1.54, 1.807) is 0 Å². The minimum absolute atomic E-state index is 0.887. The van der Waals surface area contributed by atoms with Crippen molar-refractivity contribution in [1.82, 2.24) is 10.3 Å². The van der Waals surface area contributed by atoms with Gasteiger partial charge in [0.1, 0.15) is 0 Å². The Labute approximate surface area is 96.4 Å². The summed E-state index contributed by atoms with van der Waals surface area (Å²) >= 11 is 0. The van der Waals surface area contributed by atoms with Crippen LogP contribution >= 0.6 is 0 Å². The van der Waals surface area contributed by atoms with E-state index in [2.05, 4.69) is 47.6 Å². The normalized spacial score (nSPS) is 10.4. The SMILES string of the molecule is CNCc1ccccc1-c1ccncc1C. The molecule has 0 unspecified atom stereocenters. The number of aromatic nitrogens is 1. The van der Waals surface area contributed by atoms with Gasteiger partial charge in [-0.2, -0.15) is 0 Å². The van der Waals surface area contributed by atoms with Gasteiger partial charge in [-0.1, -0.05) is 24.3 Å². The van der Waals surface area contributed by atoms with Gasteiger partial charge in [-0.05, 0) is 42.3 Å². The van der Waals surface area contributed by atoms with Crippen LogP contribution in [0.5, 0.6) is 0 Å². The average molecular weight is 212 g/mol. The molecule has 0 radical (unpaired) electrons. The van der Waals surface area contributed by atoms with Crippen LogP contribution in [-0.4, -0.2) is 12.0 Å². The van der Waals surface area contributed by atoms with Crippen LogP contribution in [0.2, 0.25) is 0 Å². The number of pyridine rings is 1. The van der Waals surface area contributed by atoms with E-state index in [0.29, 0.717) is 0 Å². The molecule has 1 aromatic heterocycles. The van der Waals surface area contributed by atoms with Crippen molar-refractivity contribution >= 4 is 0 Å². The fourth-order valence-corrected chi connectivity index (χ4v) is 1.90. The van der Waals surface area contributed by atoms with Crippen molar-refractivity contribution in [3.8, 4) is 11.1 Å². The average Bonchev–Trinajstić information content (AvgIpc) is 2.31. The van der Waals surface area contributed by atoms with E-state index in [4.69, 9.17) is 0 Å². The summed E-state index contributed by atoms with van der Waals surface area (Å²) in [7, 11) is 1.97. The molecule has 2 nitrogen and oxygen atoms in total. The van der Waals surface area contributed by atoms with E-state index in [9.17, 15) is 0 Å². The Hall–Kier alpha value is -1.67. The van der Waals surface area contributed by atoms with E-state index in [-0.39, 0.29) is 0 Å². The number of nitrogens with one attached hydrogen (secondary N) is 1. The second-order valence-electron chi connectivity index (χ2n) is 3.88. The minimum atomic E-state index is 0.887. The summed E-state index contributed by atoms with van der Waals surface area (Å²) in [6.07, 6.45) is 3.75. The molecule has 0 aliphatic rings. The van der Waals surface area contributed by atoms with Crippen LogP contribution in [0.4, 0.5) is 0 Å². The number of benzene rings is 1. The molecule has 1 N–H and O–H groups in total. The van der Waals surface area contributed by atoms with Gasteiger partial charge < -0.3 is 5.32 Å². The van der Waals surface area contributed by atoms with Crippen molar-refractivity contribution in [2.24, 2.45) is 0 Å². The van der Waals surface area contributed by atoms with Gasteiger partial charge in [-0.25, -0.2) is 0 Å². The Balaban J connectivity index is 2.51. The van der Waals surface area contributed by atoms with Gasteiger partial charge in [-0.3, -0.25) is 4.98 Å². The molecule has 0 aliphatic heterocycles. The van der Waals surface area contributed by atoms with Crippen LogP contribution in [0.3, 0.4) is 0 Å². The van der Waals surface area contributed by atoms with Crippen LogP contribution in [0.1, 0.15) is 11.1 Å². The number of hydrogen-bond acceptors (Lipinski definition) is 2. The molecule has 0 amide bonds. The highest BCUT2D eigenvalue weighted by atomic mass is 14.8. The van der Waals surface area contributed by atoms with Gasteiger partial charge in [0.15, 0.2) is 0 Å². The predicted molar refractivity (Wildman–Crippen MR) is 67.2 cm³/mol. The van der Waals surface area contributed by atoms with Gasteiger partial charge in [0.05, 0.1) is 0 Å². The molecule has 2 aromatic rings. The maximum atomic E-state index is 4.13. The summed E-state index contributed by atoms with van der Waals surface area (Å²) in [6.45, 7) is 2.98. The molecule has 2 heteroatoms. The first-order chi connectivity index (χ1) is 7.83. The van der Waals surface area contributed by atoms with Crippen molar-refractivity contribution in [2.45, 2.75) is 13.5 Å². The molecule has 2 rings (SSSR count). The molecule has 0 saturated carbocycles. The molecule has 0 fully saturated rings. The third kappa shape index (κ3) is 2.12. The third-order valence-corrected chi connectivity index (χ3v) is 2.70. The van der Waals surface area contributed by atoms with Crippen LogP contribution in [0.15, 0.2) is 42.7 Å². The molecule has 1 aromatic carbocycles. The molecule has 0 atom stereocenters. The molecule has 16 heavy (non-hydrogen) atoms. The fourth-order valence-electron chi connectivity index (χ4n) is 1.90. The molecule has 0 aliphatic carbocycles. The minimum Gasteiger partial charge on any atom is -0.316 e. The highest BCUT2D eigenvalue weighted by Crippen LogP contribution is 2.25. The Bertz CT molecular complexity index is 478. The third-order valence-electron chi connectivity index (χ3n) is 2.70. The topological polar surface area (TPSA) is 24.9 Å². The summed E-state index contributed by atoms with van der Waals surface area (Å²) in [5.74, 6) is 0. The predicted octanol–water partition coefficient (Wildman–Crippen LogP) is 2.78. The van der Waals surface area contributed by atoms with Crippen molar-refractivity contribution < 1.29 is 0 Å². The Morgan fingerprint density at radius 2 is 1.94 bits per heavy atom. The van der Waals surface area contributed by atoms with Crippen LogP contribution < -0.4 is 5.32 Å². The summed E-state index contributed by atoms with van der Waals surface area (Å²) in [5.41, 5.74) is 5.09. The van der Waals surface area contributed by atoms with E-state index < -0.39 is 0 Å². The van der Waals surface area contributed by atoms with Crippen molar-refractivity contribution in [3.05, 3.63) is 53.9 Å². The van der Waals surface area contributed by atoms with Gasteiger partial charge in [0, 0.05) is 18.9 Å². The fraction of sp³-hybridized carbons (Fsp3) is 0.214. The van der Waals surface area contributed by atoms with E-state index in [0.717, 1.165) is 6.54 Å². The lowest BCUT2D eigenvalue weighted by Gasteiger charge is -2.11. The van der Waals surface area contributed by atoms with Gasteiger partial charge in [0.2, 0.25) is 0 Å². The summed E-state index contributed by atoms with van der Waals surface area (Å²) in [5, 5.41) is 3.20. The summed E-state index contributed by atoms with van der Waals surface area (Å²) in [6, 6.07) is 10.5. The molecule has 0 saturated heterocycles. The molecule has 1 heterocycles. The highest BCUT2D eigenvalue weighted by Gasteiger charge is 2.05. The van der Waals surface area contributed by atoms with Gasteiger partial charge >= 0.3 is 0 Å². The second-order valence-corrected chi connectivity index (χ2v) is 3.88. The Morgan fingerprint density at radius 1 is 1.12 bits per heavy atom. The van der Waals surface area contributed by atoms with Crippen molar-refractivity contribution in [3.63, 3.8) is 0 Å². The monoisotopic (exact) mass is 212 g/mol. The molecular weight excluding hydrogens is 196 g/mol. The first kappa shape index (κ1) is 10.8. The van der Waals surface area contributed by atoms with Crippen molar-refractivity contribution in [1.29, 1.82) is 0 Å². The van der Waals surface area contributed by atoms with Crippen LogP contribution in [0.25, 0.3) is 11.1 Å². The standard InChI is InChI=1S/C14H16N2/c1-11-9-16-8-7-13(11)14-6-4-3-5-12(14)10-15-2/h3-9,15H,10H2,1-2H3. The van der Waals surface area contributed by atoms with E-state index in [1.807, 2.05) is 19.4 Å². The smallest absolute Gasteiger partial charge is 0.0303 e. The number of hydrogen-bond donors (Lipinski definition) is 1. The number of aryl methyl sites for hydroxylation is 1. The largest absolute Gasteiger partial charge is 0.316 e. The summed E-state index contributed by atoms with van der Waals surface area (Å²) < 4.78 is 0. The Morgan fingerprint density at radius 3 is 2.69 bits per heavy atom. The lowest BCUT2D eigenvalue weighted by molar-refractivity contribution is 0.819. The Kier molecular flexibility index (Phi) is 3.32. The lowest BCUT2D eigenvalue weighted by Crippen LogP contribution is -2.06. The number of nitrogens with zero attached hydrogens (tertiary/aromatic N) is 1. The zero-order valence-electron chi connectivity index (χ0n) is 9.70. The van der Waals surface area contributed by atoms with Gasteiger partial charge in [0.25, 0.3) is 0 Å². The first-order valence-electron chi connectivity index (χ1n) is 5.46. The van der Waals surface area contributed by atoms with E-state index >= 15 is 0 Å². The molecule has 82 valence electrons. The maximum Gasteiger partial charge on any atom is 0.0303 e. The quantitative estimate of drug-likeness (QED) is 0.846. The molecule has 0 bridgehead atoms.